The van der Waals surface area contributed by atoms with E-state index in [0.717, 1.165) is 18.4 Å². The second-order valence-electron chi connectivity index (χ2n) is 7.36. The number of morpholine rings is 1. The molecule has 2 aliphatic rings. The van der Waals surface area contributed by atoms with E-state index in [-0.39, 0.29) is 22.9 Å². The first-order chi connectivity index (χ1) is 13.4. The highest BCUT2D eigenvalue weighted by molar-refractivity contribution is 7.89. The normalized spacial score (nSPS) is 23.9. The fourth-order valence-electron chi connectivity index (χ4n) is 3.79. The zero-order valence-corrected chi connectivity index (χ0v) is 16.6. The van der Waals surface area contributed by atoms with E-state index in [1.165, 1.54) is 22.6 Å². The Labute approximate surface area is 165 Å². The van der Waals surface area contributed by atoms with Crippen molar-refractivity contribution in [1.29, 1.82) is 0 Å². The van der Waals surface area contributed by atoms with Gasteiger partial charge >= 0.3 is 0 Å². The molecule has 0 spiro atoms. The Balaban J connectivity index is 1.52. The number of sulfonamides is 1. The molecule has 2 atom stereocenters. The molecule has 1 aromatic carbocycles. The third-order valence-electron chi connectivity index (χ3n) is 5.25. The molecule has 2 saturated heterocycles. The number of nitrogens with zero attached hydrogens (tertiary/aromatic N) is 3. The first-order valence-corrected chi connectivity index (χ1v) is 11.0. The van der Waals surface area contributed by atoms with Crippen LogP contribution in [0.2, 0.25) is 0 Å². The highest BCUT2D eigenvalue weighted by atomic mass is 32.2. The molecule has 0 radical (unpaired) electrons. The fourth-order valence-corrected chi connectivity index (χ4v) is 5.25. The predicted octanol–water partition coefficient (Wildman–Crippen LogP) is 2.97. The van der Waals surface area contributed by atoms with E-state index in [1.807, 2.05) is 6.92 Å². The molecule has 2 aliphatic heterocycles. The van der Waals surface area contributed by atoms with Gasteiger partial charge in [-0.2, -0.15) is 4.31 Å². The number of ether oxygens (including phenoxy) is 1. The summed E-state index contributed by atoms with van der Waals surface area (Å²) in [6.07, 6.45) is 3.02. The standard InChI is InChI=1S/C20H24FN3O3S/c1-15-13-23(14-19(27-15)16-4-6-17(21)7-5-16)20-9-8-18(12-22-20)28(25,26)24-10-2-3-11-24/h4-9,12,15,19H,2-3,10-11,13-14H2,1H3. The molecule has 2 fully saturated rings. The molecule has 0 aliphatic carbocycles. The largest absolute Gasteiger partial charge is 0.367 e. The lowest BCUT2D eigenvalue weighted by atomic mass is 10.1. The van der Waals surface area contributed by atoms with Crippen LogP contribution < -0.4 is 4.90 Å². The Bertz CT molecular complexity index is 913. The minimum atomic E-state index is -3.46. The number of halogens is 1. The van der Waals surface area contributed by atoms with Crippen LogP contribution in [0.3, 0.4) is 0 Å². The molecule has 0 amide bonds. The highest BCUT2D eigenvalue weighted by Gasteiger charge is 2.29. The molecule has 1 aromatic heterocycles. The maximum Gasteiger partial charge on any atom is 0.244 e. The molecule has 0 saturated carbocycles. The molecule has 8 heteroatoms. The lowest BCUT2D eigenvalue weighted by Gasteiger charge is -2.37. The average molecular weight is 405 g/mol. The van der Waals surface area contributed by atoms with Crippen LogP contribution in [-0.4, -0.2) is 50.0 Å². The first-order valence-electron chi connectivity index (χ1n) is 9.55. The number of anilines is 1. The third-order valence-corrected chi connectivity index (χ3v) is 7.13. The summed E-state index contributed by atoms with van der Waals surface area (Å²) in [5, 5.41) is 0. The van der Waals surface area contributed by atoms with E-state index in [2.05, 4.69) is 9.88 Å². The monoisotopic (exact) mass is 405 g/mol. The Kier molecular flexibility index (Phi) is 5.35. The lowest BCUT2D eigenvalue weighted by Crippen LogP contribution is -2.43. The van der Waals surface area contributed by atoms with Crippen LogP contribution in [0.5, 0.6) is 0 Å². The number of hydrogen-bond acceptors (Lipinski definition) is 5. The predicted molar refractivity (Wildman–Crippen MR) is 104 cm³/mol. The number of benzene rings is 1. The molecule has 28 heavy (non-hydrogen) atoms. The van der Waals surface area contributed by atoms with Crippen molar-refractivity contribution in [1.82, 2.24) is 9.29 Å². The van der Waals surface area contributed by atoms with Crippen molar-refractivity contribution in [2.45, 2.75) is 36.9 Å². The van der Waals surface area contributed by atoms with Crippen LogP contribution in [-0.2, 0) is 14.8 Å². The van der Waals surface area contributed by atoms with Crippen molar-refractivity contribution in [2.24, 2.45) is 0 Å². The summed E-state index contributed by atoms with van der Waals surface area (Å²) >= 11 is 0. The van der Waals surface area contributed by atoms with Gasteiger partial charge in [-0.1, -0.05) is 12.1 Å². The van der Waals surface area contributed by atoms with E-state index in [9.17, 15) is 12.8 Å². The van der Waals surface area contributed by atoms with Gasteiger partial charge in [0.2, 0.25) is 10.0 Å². The Hall–Kier alpha value is -2.03. The van der Waals surface area contributed by atoms with Crippen LogP contribution in [0.4, 0.5) is 10.2 Å². The van der Waals surface area contributed by atoms with Crippen LogP contribution >= 0.6 is 0 Å². The van der Waals surface area contributed by atoms with Gasteiger partial charge < -0.3 is 9.64 Å². The quantitative estimate of drug-likeness (QED) is 0.783. The van der Waals surface area contributed by atoms with Crippen LogP contribution in [0.25, 0.3) is 0 Å². The smallest absolute Gasteiger partial charge is 0.244 e. The summed E-state index contributed by atoms with van der Waals surface area (Å²) in [4.78, 5) is 6.73. The maximum atomic E-state index is 13.2. The van der Waals surface area contributed by atoms with Gasteiger partial charge in [-0.05, 0) is 49.6 Å². The van der Waals surface area contributed by atoms with Crippen molar-refractivity contribution < 1.29 is 17.5 Å². The molecule has 3 heterocycles. The topological polar surface area (TPSA) is 62.7 Å². The van der Waals surface area contributed by atoms with Crippen LogP contribution in [0.15, 0.2) is 47.5 Å². The lowest BCUT2D eigenvalue weighted by molar-refractivity contribution is -0.0176. The maximum absolute atomic E-state index is 13.2. The SMILES string of the molecule is CC1CN(c2ccc(S(=O)(=O)N3CCCC3)cn2)CC(c2ccc(F)cc2)O1. The van der Waals surface area contributed by atoms with Gasteiger partial charge in [-0.15, -0.1) is 0 Å². The number of rotatable bonds is 4. The van der Waals surface area contributed by atoms with Gasteiger partial charge in [0.25, 0.3) is 0 Å². The van der Waals surface area contributed by atoms with E-state index < -0.39 is 10.0 Å². The molecular formula is C20H24FN3O3S. The molecule has 2 unspecified atom stereocenters. The van der Waals surface area contributed by atoms with Gasteiger partial charge in [-0.3, -0.25) is 0 Å². The molecular weight excluding hydrogens is 381 g/mol. The fraction of sp³-hybridized carbons (Fsp3) is 0.450. The van der Waals surface area contributed by atoms with Crippen molar-refractivity contribution >= 4 is 15.8 Å². The Morgan fingerprint density at radius 3 is 2.43 bits per heavy atom. The summed E-state index contributed by atoms with van der Waals surface area (Å²) in [5.41, 5.74) is 0.909. The molecule has 2 aromatic rings. The van der Waals surface area contributed by atoms with E-state index in [1.54, 1.807) is 24.3 Å². The molecule has 150 valence electrons. The molecule has 4 rings (SSSR count). The van der Waals surface area contributed by atoms with Crippen molar-refractivity contribution in [3.8, 4) is 0 Å². The Morgan fingerprint density at radius 1 is 1.07 bits per heavy atom. The van der Waals surface area contributed by atoms with Crippen molar-refractivity contribution in [2.75, 3.05) is 31.1 Å². The number of hydrogen-bond donors (Lipinski definition) is 0. The summed E-state index contributed by atoms with van der Waals surface area (Å²) < 4.78 is 46.1. The average Bonchev–Trinajstić information content (AvgIpc) is 3.24. The molecule has 6 nitrogen and oxygen atoms in total. The van der Waals surface area contributed by atoms with Crippen LogP contribution in [0, 0.1) is 5.82 Å². The van der Waals surface area contributed by atoms with Crippen molar-refractivity contribution in [3.63, 3.8) is 0 Å². The van der Waals surface area contributed by atoms with Gasteiger partial charge in [0.1, 0.15) is 22.6 Å². The van der Waals surface area contributed by atoms with E-state index in [0.29, 0.717) is 32.0 Å². The second-order valence-corrected chi connectivity index (χ2v) is 9.29. The van der Waals surface area contributed by atoms with Gasteiger partial charge in [0, 0.05) is 32.4 Å². The molecule has 0 N–H and O–H groups in total. The van der Waals surface area contributed by atoms with Gasteiger partial charge in [0.05, 0.1) is 6.10 Å². The summed E-state index contributed by atoms with van der Waals surface area (Å²) in [5.74, 6) is 0.434. The van der Waals surface area contributed by atoms with Gasteiger partial charge in [0.15, 0.2) is 0 Å². The van der Waals surface area contributed by atoms with Crippen LogP contribution in [0.1, 0.15) is 31.4 Å². The second kappa shape index (κ2) is 7.77. The Morgan fingerprint density at radius 2 is 1.79 bits per heavy atom. The van der Waals surface area contributed by atoms with E-state index in [4.69, 9.17) is 4.74 Å². The first kappa shape index (κ1) is 19.3. The summed E-state index contributed by atoms with van der Waals surface area (Å²) in [7, 11) is -3.46. The summed E-state index contributed by atoms with van der Waals surface area (Å²) in [6, 6.07) is 9.70. The number of aromatic nitrogens is 1. The van der Waals surface area contributed by atoms with Gasteiger partial charge in [-0.25, -0.2) is 17.8 Å². The molecule has 0 bridgehead atoms. The third kappa shape index (κ3) is 3.90. The summed E-state index contributed by atoms with van der Waals surface area (Å²) in [6.45, 7) is 4.35. The minimum Gasteiger partial charge on any atom is -0.367 e. The minimum absolute atomic E-state index is 0.0291. The van der Waals surface area contributed by atoms with Crippen molar-refractivity contribution in [3.05, 3.63) is 54.0 Å². The van der Waals surface area contributed by atoms with E-state index >= 15 is 0 Å². The number of pyridine rings is 1. The zero-order valence-electron chi connectivity index (χ0n) is 15.8. The zero-order chi connectivity index (χ0) is 19.7. The highest BCUT2D eigenvalue weighted by Crippen LogP contribution is 2.29.